The van der Waals surface area contributed by atoms with E-state index in [1.807, 2.05) is 4.90 Å². The van der Waals surface area contributed by atoms with E-state index in [0.29, 0.717) is 6.54 Å². The van der Waals surface area contributed by atoms with Crippen LogP contribution < -0.4 is 5.32 Å². The molecular formula is C16H25N3O. The molecule has 110 valence electrons. The summed E-state index contributed by atoms with van der Waals surface area (Å²) in [5, 5.41) is 3.34. The normalized spacial score (nSPS) is 19.1. The zero-order valence-electron chi connectivity index (χ0n) is 12.9. The van der Waals surface area contributed by atoms with Crippen LogP contribution in [-0.4, -0.2) is 49.4 Å². The van der Waals surface area contributed by atoms with Gasteiger partial charge in [0.2, 0.25) is 5.91 Å². The molecule has 1 fully saturated rings. The van der Waals surface area contributed by atoms with Gasteiger partial charge >= 0.3 is 0 Å². The highest BCUT2D eigenvalue weighted by Gasteiger charge is 2.31. The van der Waals surface area contributed by atoms with Crippen LogP contribution in [0.15, 0.2) is 18.2 Å². The lowest BCUT2D eigenvalue weighted by Crippen LogP contribution is -2.33. The summed E-state index contributed by atoms with van der Waals surface area (Å²) in [7, 11) is 4.12. The molecule has 1 aliphatic heterocycles. The fraction of sp³-hybridized carbons (Fsp3) is 0.562. The Morgan fingerprint density at radius 1 is 1.35 bits per heavy atom. The average Bonchev–Trinajstić information content (AvgIpc) is 2.74. The third kappa shape index (κ3) is 3.38. The Hall–Kier alpha value is -1.39. The summed E-state index contributed by atoms with van der Waals surface area (Å²) in [4.78, 5) is 16.2. The third-order valence-corrected chi connectivity index (χ3v) is 3.81. The van der Waals surface area contributed by atoms with Crippen molar-refractivity contribution < 1.29 is 4.79 Å². The number of hydrogen-bond acceptors (Lipinski definition) is 3. The number of carbonyl (C=O) groups excluding carboxylic acids is 1. The van der Waals surface area contributed by atoms with Crippen LogP contribution in [0.25, 0.3) is 0 Å². The standard InChI is InChI=1S/C16H25N3O/c1-12-6-7-13(2)14(10-12)16-17-11-15(20)19(16)9-5-8-18(3)4/h6-7,10,16-17H,5,8-9,11H2,1-4H3. The van der Waals surface area contributed by atoms with Gasteiger partial charge in [-0.15, -0.1) is 0 Å². The van der Waals surface area contributed by atoms with Crippen LogP contribution in [0.3, 0.4) is 0 Å². The second kappa shape index (κ2) is 6.37. The third-order valence-electron chi connectivity index (χ3n) is 3.81. The minimum absolute atomic E-state index is 0.0320. The Balaban J connectivity index is 2.13. The Morgan fingerprint density at radius 3 is 2.80 bits per heavy atom. The topological polar surface area (TPSA) is 35.6 Å². The first kappa shape index (κ1) is 15.0. The molecule has 1 unspecified atom stereocenters. The van der Waals surface area contributed by atoms with Crippen LogP contribution in [0, 0.1) is 13.8 Å². The highest BCUT2D eigenvalue weighted by atomic mass is 16.2. The lowest BCUT2D eigenvalue weighted by molar-refractivity contribution is -0.128. The quantitative estimate of drug-likeness (QED) is 0.888. The van der Waals surface area contributed by atoms with Gasteiger partial charge in [0.1, 0.15) is 6.17 Å². The lowest BCUT2D eigenvalue weighted by Gasteiger charge is -2.26. The van der Waals surface area contributed by atoms with E-state index >= 15 is 0 Å². The lowest BCUT2D eigenvalue weighted by atomic mass is 10.0. The molecule has 1 atom stereocenters. The summed E-state index contributed by atoms with van der Waals surface area (Å²) in [5.74, 6) is 0.203. The van der Waals surface area contributed by atoms with Gasteiger partial charge in [-0.25, -0.2) is 0 Å². The van der Waals surface area contributed by atoms with Crippen LogP contribution >= 0.6 is 0 Å². The van der Waals surface area contributed by atoms with E-state index < -0.39 is 0 Å². The number of benzene rings is 1. The van der Waals surface area contributed by atoms with Crippen molar-refractivity contribution in [2.45, 2.75) is 26.4 Å². The van der Waals surface area contributed by atoms with Crippen LogP contribution in [-0.2, 0) is 4.79 Å². The molecule has 1 N–H and O–H groups in total. The van der Waals surface area contributed by atoms with Crippen molar-refractivity contribution in [2.75, 3.05) is 33.7 Å². The summed E-state index contributed by atoms with van der Waals surface area (Å²) < 4.78 is 0. The molecule has 1 aromatic rings. The number of aryl methyl sites for hydroxylation is 2. The number of amides is 1. The van der Waals surface area contributed by atoms with Gasteiger partial charge in [-0.3, -0.25) is 10.1 Å². The molecule has 0 aromatic heterocycles. The smallest absolute Gasteiger partial charge is 0.238 e. The van der Waals surface area contributed by atoms with E-state index in [0.717, 1.165) is 19.5 Å². The fourth-order valence-corrected chi connectivity index (χ4v) is 2.68. The maximum Gasteiger partial charge on any atom is 0.238 e. The van der Waals surface area contributed by atoms with Crippen LogP contribution in [0.1, 0.15) is 29.3 Å². The second-order valence-corrected chi connectivity index (χ2v) is 5.89. The Morgan fingerprint density at radius 2 is 2.10 bits per heavy atom. The first-order valence-corrected chi connectivity index (χ1v) is 7.24. The number of rotatable bonds is 5. The summed E-state index contributed by atoms with van der Waals surface area (Å²) in [5.41, 5.74) is 3.70. The minimum Gasteiger partial charge on any atom is -0.322 e. The molecule has 1 heterocycles. The number of hydrogen-bond donors (Lipinski definition) is 1. The summed E-state index contributed by atoms with van der Waals surface area (Å²) in [6.07, 6.45) is 1.03. The van der Waals surface area contributed by atoms with Gasteiger partial charge < -0.3 is 9.80 Å². The van der Waals surface area contributed by atoms with Gasteiger partial charge in [-0.05, 0) is 52.0 Å². The van der Waals surface area contributed by atoms with Crippen molar-refractivity contribution >= 4 is 5.91 Å². The first-order chi connectivity index (χ1) is 9.49. The van der Waals surface area contributed by atoms with Gasteiger partial charge in [0.05, 0.1) is 6.54 Å². The second-order valence-electron chi connectivity index (χ2n) is 5.89. The van der Waals surface area contributed by atoms with Gasteiger partial charge in [-0.2, -0.15) is 0 Å². The fourth-order valence-electron chi connectivity index (χ4n) is 2.68. The predicted molar refractivity (Wildman–Crippen MR) is 81.5 cm³/mol. The van der Waals surface area contributed by atoms with Crippen molar-refractivity contribution in [3.05, 3.63) is 34.9 Å². The largest absolute Gasteiger partial charge is 0.322 e. The molecule has 0 bridgehead atoms. The number of carbonyl (C=O) groups is 1. The highest BCUT2D eigenvalue weighted by molar-refractivity contribution is 5.81. The van der Waals surface area contributed by atoms with Crippen LogP contribution in [0.4, 0.5) is 0 Å². The van der Waals surface area contributed by atoms with Gasteiger partial charge in [0.25, 0.3) is 0 Å². The summed E-state index contributed by atoms with van der Waals surface area (Å²) >= 11 is 0. The maximum atomic E-state index is 12.1. The summed E-state index contributed by atoms with van der Waals surface area (Å²) in [6, 6.07) is 6.43. The van der Waals surface area contributed by atoms with Crippen LogP contribution in [0.2, 0.25) is 0 Å². The van der Waals surface area contributed by atoms with Crippen molar-refractivity contribution in [3.8, 4) is 0 Å². The highest BCUT2D eigenvalue weighted by Crippen LogP contribution is 2.26. The molecule has 1 amide bonds. The zero-order valence-corrected chi connectivity index (χ0v) is 12.9. The minimum atomic E-state index is 0.0320. The van der Waals surface area contributed by atoms with E-state index in [1.54, 1.807) is 0 Å². The van der Waals surface area contributed by atoms with E-state index in [-0.39, 0.29) is 12.1 Å². The van der Waals surface area contributed by atoms with Crippen molar-refractivity contribution in [1.29, 1.82) is 0 Å². The Bertz CT molecular complexity index is 485. The molecule has 0 radical (unpaired) electrons. The zero-order chi connectivity index (χ0) is 14.7. The van der Waals surface area contributed by atoms with Crippen molar-refractivity contribution in [1.82, 2.24) is 15.1 Å². The van der Waals surface area contributed by atoms with E-state index in [1.165, 1.54) is 16.7 Å². The number of nitrogens with one attached hydrogen (secondary N) is 1. The Labute approximate surface area is 121 Å². The molecule has 0 aliphatic carbocycles. The molecule has 0 spiro atoms. The molecule has 0 saturated carbocycles. The van der Waals surface area contributed by atoms with Crippen LogP contribution in [0.5, 0.6) is 0 Å². The molecule has 1 aromatic carbocycles. The molecule has 2 rings (SSSR count). The van der Waals surface area contributed by atoms with Crippen molar-refractivity contribution in [3.63, 3.8) is 0 Å². The number of nitrogens with zero attached hydrogens (tertiary/aromatic N) is 2. The van der Waals surface area contributed by atoms with Gasteiger partial charge in [0, 0.05) is 6.54 Å². The SMILES string of the molecule is Cc1ccc(C)c(C2NCC(=O)N2CCCN(C)C)c1. The van der Waals surface area contributed by atoms with E-state index in [9.17, 15) is 4.79 Å². The monoisotopic (exact) mass is 275 g/mol. The van der Waals surface area contributed by atoms with Crippen molar-refractivity contribution in [2.24, 2.45) is 0 Å². The van der Waals surface area contributed by atoms with E-state index in [2.05, 4.69) is 56.4 Å². The Kier molecular flexibility index (Phi) is 4.78. The van der Waals surface area contributed by atoms with Gasteiger partial charge in [0.15, 0.2) is 0 Å². The molecule has 1 saturated heterocycles. The van der Waals surface area contributed by atoms with Gasteiger partial charge in [-0.1, -0.05) is 23.8 Å². The summed E-state index contributed by atoms with van der Waals surface area (Å²) in [6.45, 7) is 6.46. The average molecular weight is 275 g/mol. The molecular weight excluding hydrogens is 250 g/mol. The molecule has 1 aliphatic rings. The maximum absolute atomic E-state index is 12.1. The molecule has 4 heteroatoms. The molecule has 20 heavy (non-hydrogen) atoms. The predicted octanol–water partition coefficient (Wildman–Crippen LogP) is 1.69. The molecule has 4 nitrogen and oxygen atoms in total. The van der Waals surface area contributed by atoms with E-state index in [4.69, 9.17) is 0 Å². The first-order valence-electron chi connectivity index (χ1n) is 7.24.